The number of rotatable bonds is 3. The first kappa shape index (κ1) is 13.0. The van der Waals surface area contributed by atoms with Crippen molar-refractivity contribution < 1.29 is 19.1 Å². The Bertz CT molecular complexity index is 267. The molecule has 5 heteroatoms. The molecule has 0 N–H and O–H groups in total. The Kier molecular flexibility index (Phi) is 4.73. The molecule has 0 radical (unpaired) electrons. The summed E-state index contributed by atoms with van der Waals surface area (Å²) in [4.78, 5) is 24.3. The summed E-state index contributed by atoms with van der Waals surface area (Å²) in [6.45, 7) is 2.15. The summed E-state index contributed by atoms with van der Waals surface area (Å²) in [7, 11) is 2.96. The Morgan fingerprint density at radius 3 is 2.56 bits per heavy atom. The molecule has 0 aliphatic carbocycles. The molecule has 0 spiro atoms. The third kappa shape index (κ3) is 2.95. The van der Waals surface area contributed by atoms with Crippen LogP contribution in [0.3, 0.4) is 0 Å². The molecule has 92 valence electrons. The predicted octanol–water partition coefficient (Wildman–Crippen LogP) is 1.21. The second kappa shape index (κ2) is 5.84. The number of nitrogens with zero attached hydrogens (tertiary/aromatic N) is 1. The van der Waals surface area contributed by atoms with E-state index < -0.39 is 0 Å². The number of amides is 1. The molecule has 16 heavy (non-hydrogen) atoms. The Hall–Kier alpha value is -1.10. The van der Waals surface area contributed by atoms with Crippen molar-refractivity contribution in [3.05, 3.63) is 0 Å². The number of methoxy groups -OCH3 is 2. The molecule has 2 atom stereocenters. The van der Waals surface area contributed by atoms with E-state index in [0.29, 0.717) is 13.0 Å². The fraction of sp³-hybridized carbons (Fsp3) is 0.818. The van der Waals surface area contributed by atoms with Crippen LogP contribution in [0.15, 0.2) is 0 Å². The van der Waals surface area contributed by atoms with Gasteiger partial charge in [-0.3, -0.25) is 4.79 Å². The lowest BCUT2D eigenvalue weighted by molar-refractivity contribution is -0.120. The van der Waals surface area contributed by atoms with E-state index in [-0.39, 0.29) is 24.0 Å². The van der Waals surface area contributed by atoms with Crippen LogP contribution < -0.4 is 0 Å². The summed E-state index contributed by atoms with van der Waals surface area (Å²) in [6.07, 6.45) is 1.63. The highest BCUT2D eigenvalue weighted by Gasteiger charge is 2.35. The zero-order valence-corrected chi connectivity index (χ0v) is 10.1. The normalized spacial score (nSPS) is 25.3. The Balaban J connectivity index is 2.78. The highest BCUT2D eigenvalue weighted by Crippen LogP contribution is 2.23. The average Bonchev–Trinajstić information content (AvgIpc) is 2.27. The van der Waals surface area contributed by atoms with Crippen LogP contribution in [-0.4, -0.2) is 49.7 Å². The van der Waals surface area contributed by atoms with E-state index in [0.717, 1.165) is 12.8 Å². The van der Waals surface area contributed by atoms with Gasteiger partial charge in [0.15, 0.2) is 0 Å². The minimum Gasteiger partial charge on any atom is -0.453 e. The van der Waals surface area contributed by atoms with Gasteiger partial charge in [0, 0.05) is 20.1 Å². The summed E-state index contributed by atoms with van der Waals surface area (Å²) >= 11 is 0. The van der Waals surface area contributed by atoms with Gasteiger partial charge in [0.1, 0.15) is 5.78 Å². The third-order valence-electron chi connectivity index (χ3n) is 2.93. The maximum absolute atomic E-state index is 11.6. The van der Waals surface area contributed by atoms with Crippen LogP contribution in [0.2, 0.25) is 0 Å². The van der Waals surface area contributed by atoms with E-state index in [1.807, 2.05) is 0 Å². The molecule has 2 unspecified atom stereocenters. The molecular weight excluding hydrogens is 210 g/mol. The molecule has 5 nitrogen and oxygen atoms in total. The van der Waals surface area contributed by atoms with Crippen molar-refractivity contribution in [1.82, 2.24) is 4.90 Å². The van der Waals surface area contributed by atoms with Crippen molar-refractivity contribution in [1.29, 1.82) is 0 Å². The summed E-state index contributed by atoms with van der Waals surface area (Å²) < 4.78 is 10.0. The van der Waals surface area contributed by atoms with E-state index in [2.05, 4.69) is 0 Å². The Labute approximate surface area is 95.7 Å². The monoisotopic (exact) mass is 229 g/mol. The zero-order chi connectivity index (χ0) is 12.1. The second-order valence-corrected chi connectivity index (χ2v) is 4.05. The van der Waals surface area contributed by atoms with E-state index in [9.17, 15) is 9.59 Å². The van der Waals surface area contributed by atoms with Crippen molar-refractivity contribution in [3.8, 4) is 0 Å². The molecule has 1 aliphatic rings. The molecule has 0 aromatic rings. The van der Waals surface area contributed by atoms with Gasteiger partial charge in [-0.2, -0.15) is 0 Å². The fourth-order valence-corrected chi connectivity index (χ4v) is 2.18. The number of hydrogen-bond donors (Lipinski definition) is 0. The standard InChI is InChI=1S/C11H19NO4/c1-8(13)7-9-10(15-2)5-4-6-12(9)11(14)16-3/h9-10H,4-7H2,1-3H3. The van der Waals surface area contributed by atoms with Crippen LogP contribution >= 0.6 is 0 Å². The van der Waals surface area contributed by atoms with Gasteiger partial charge in [0.05, 0.1) is 19.3 Å². The van der Waals surface area contributed by atoms with Gasteiger partial charge in [-0.15, -0.1) is 0 Å². The first-order valence-corrected chi connectivity index (χ1v) is 5.47. The molecule has 0 aromatic carbocycles. The zero-order valence-electron chi connectivity index (χ0n) is 10.1. The van der Waals surface area contributed by atoms with Gasteiger partial charge in [-0.1, -0.05) is 0 Å². The van der Waals surface area contributed by atoms with Crippen molar-refractivity contribution in [2.24, 2.45) is 0 Å². The topological polar surface area (TPSA) is 55.8 Å². The number of piperidine rings is 1. The quantitative estimate of drug-likeness (QED) is 0.730. The molecule has 0 saturated carbocycles. The smallest absolute Gasteiger partial charge is 0.409 e. The molecular formula is C11H19NO4. The van der Waals surface area contributed by atoms with Crippen LogP contribution in [0.1, 0.15) is 26.2 Å². The van der Waals surface area contributed by atoms with Gasteiger partial charge in [-0.25, -0.2) is 4.79 Å². The SMILES string of the molecule is COC(=O)N1CCCC(OC)C1CC(C)=O. The van der Waals surface area contributed by atoms with Crippen LogP contribution in [0.4, 0.5) is 4.79 Å². The summed E-state index contributed by atoms with van der Waals surface area (Å²) in [5.74, 6) is 0.0582. The Morgan fingerprint density at radius 1 is 1.38 bits per heavy atom. The lowest BCUT2D eigenvalue weighted by Crippen LogP contribution is -2.52. The maximum Gasteiger partial charge on any atom is 0.409 e. The van der Waals surface area contributed by atoms with Gasteiger partial charge >= 0.3 is 6.09 Å². The maximum atomic E-state index is 11.6. The predicted molar refractivity (Wildman–Crippen MR) is 58.2 cm³/mol. The van der Waals surface area contributed by atoms with Crippen molar-refractivity contribution in [2.75, 3.05) is 20.8 Å². The van der Waals surface area contributed by atoms with Crippen molar-refractivity contribution in [3.63, 3.8) is 0 Å². The van der Waals surface area contributed by atoms with Crippen molar-refractivity contribution in [2.45, 2.75) is 38.3 Å². The van der Waals surface area contributed by atoms with Gasteiger partial charge < -0.3 is 14.4 Å². The van der Waals surface area contributed by atoms with Crippen LogP contribution in [0.5, 0.6) is 0 Å². The van der Waals surface area contributed by atoms with Crippen LogP contribution in [0.25, 0.3) is 0 Å². The van der Waals surface area contributed by atoms with Gasteiger partial charge in [0.2, 0.25) is 0 Å². The van der Waals surface area contributed by atoms with Gasteiger partial charge in [0.25, 0.3) is 0 Å². The number of ether oxygens (including phenoxy) is 2. The number of hydrogen-bond acceptors (Lipinski definition) is 4. The van der Waals surface area contributed by atoms with E-state index in [4.69, 9.17) is 9.47 Å². The van der Waals surface area contributed by atoms with E-state index >= 15 is 0 Å². The van der Waals surface area contributed by atoms with E-state index in [1.165, 1.54) is 14.0 Å². The number of carbonyl (C=O) groups excluding carboxylic acids is 2. The fourth-order valence-electron chi connectivity index (χ4n) is 2.18. The Morgan fingerprint density at radius 2 is 2.06 bits per heavy atom. The lowest BCUT2D eigenvalue weighted by Gasteiger charge is -2.39. The third-order valence-corrected chi connectivity index (χ3v) is 2.93. The second-order valence-electron chi connectivity index (χ2n) is 4.05. The van der Waals surface area contributed by atoms with Crippen molar-refractivity contribution >= 4 is 11.9 Å². The first-order valence-electron chi connectivity index (χ1n) is 5.47. The molecule has 1 heterocycles. The summed E-state index contributed by atoms with van der Waals surface area (Å²) in [5, 5.41) is 0. The molecule has 1 aliphatic heterocycles. The highest BCUT2D eigenvalue weighted by molar-refractivity contribution is 5.77. The minimum atomic E-state index is -0.381. The average molecular weight is 229 g/mol. The number of Topliss-reactive ketones (excluding diaryl/α,β-unsaturated/α-hetero) is 1. The molecule has 1 saturated heterocycles. The number of likely N-dealkylation sites (tertiary alicyclic amines) is 1. The van der Waals surface area contributed by atoms with E-state index in [1.54, 1.807) is 12.0 Å². The summed E-state index contributed by atoms with van der Waals surface area (Å²) in [6, 6.07) is -0.191. The highest BCUT2D eigenvalue weighted by atomic mass is 16.5. The molecule has 0 aromatic heterocycles. The number of ketones is 1. The van der Waals surface area contributed by atoms with Crippen LogP contribution in [0, 0.1) is 0 Å². The summed E-state index contributed by atoms with van der Waals surface area (Å²) in [5.41, 5.74) is 0. The first-order chi connectivity index (χ1) is 7.60. The van der Waals surface area contributed by atoms with Gasteiger partial charge in [-0.05, 0) is 19.8 Å². The largest absolute Gasteiger partial charge is 0.453 e. The number of carbonyl (C=O) groups is 2. The molecule has 1 rings (SSSR count). The molecule has 0 bridgehead atoms. The molecule has 1 fully saturated rings. The minimum absolute atomic E-state index is 0.0582. The molecule has 1 amide bonds. The van der Waals surface area contributed by atoms with Crippen LogP contribution in [-0.2, 0) is 14.3 Å². The lowest BCUT2D eigenvalue weighted by atomic mass is 9.95.